The average Bonchev–Trinajstić information content (AvgIpc) is 2.79. The Morgan fingerprint density at radius 1 is 1.10 bits per heavy atom. The number of rotatable bonds is 7. The number of aromatic hydroxyl groups is 1. The molecule has 0 fully saturated rings. The van der Waals surface area contributed by atoms with Gasteiger partial charge in [0.05, 0.1) is 5.69 Å². The second-order valence-electron chi connectivity index (χ2n) is 5.65. The zero-order valence-corrected chi connectivity index (χ0v) is 13.4. The third-order valence-corrected chi connectivity index (χ3v) is 3.93. The van der Waals surface area contributed by atoms with Gasteiger partial charge in [-0.25, -0.2) is 0 Å². The number of aromatic nitrogens is 2. The highest BCUT2D eigenvalue weighted by Gasteiger charge is 2.19. The maximum atomic E-state index is 10.3. The van der Waals surface area contributed by atoms with E-state index in [9.17, 15) is 5.11 Å². The van der Waals surface area contributed by atoms with E-state index in [-0.39, 0.29) is 5.88 Å². The fourth-order valence-electron chi connectivity index (χ4n) is 2.68. The molecular formula is C18H26N2O. The second-order valence-corrected chi connectivity index (χ2v) is 5.65. The van der Waals surface area contributed by atoms with Gasteiger partial charge in [0.15, 0.2) is 0 Å². The number of hydrogen-bond acceptors (Lipinski definition) is 2. The van der Waals surface area contributed by atoms with Crippen molar-refractivity contribution in [2.75, 3.05) is 0 Å². The van der Waals surface area contributed by atoms with E-state index in [1.165, 1.54) is 11.1 Å². The molecule has 3 nitrogen and oxygen atoms in total. The molecule has 114 valence electrons. The summed E-state index contributed by atoms with van der Waals surface area (Å²) in [5, 5.41) is 14.6. The number of hydrogen-bond donors (Lipinski definition) is 1. The molecule has 3 heteroatoms. The first-order chi connectivity index (χ1) is 10.2. The monoisotopic (exact) mass is 286 g/mol. The van der Waals surface area contributed by atoms with Crippen molar-refractivity contribution in [1.82, 2.24) is 9.78 Å². The third-order valence-electron chi connectivity index (χ3n) is 3.93. The first-order valence-corrected chi connectivity index (χ1v) is 8.03. The lowest BCUT2D eigenvalue weighted by Crippen LogP contribution is -2.04. The summed E-state index contributed by atoms with van der Waals surface area (Å²) in [6.45, 7) is 7.33. The van der Waals surface area contributed by atoms with Crippen LogP contribution in [0.25, 0.3) is 11.3 Å². The Hall–Kier alpha value is -1.77. The fraction of sp³-hybridized carbons (Fsp3) is 0.500. The van der Waals surface area contributed by atoms with E-state index < -0.39 is 0 Å². The maximum Gasteiger partial charge on any atom is 0.234 e. The van der Waals surface area contributed by atoms with E-state index in [0.29, 0.717) is 0 Å². The molecule has 0 spiro atoms. The summed E-state index contributed by atoms with van der Waals surface area (Å²) in [5.41, 5.74) is 4.52. The number of nitrogens with zero attached hydrogens (tertiary/aromatic N) is 2. The summed E-state index contributed by atoms with van der Waals surface area (Å²) < 4.78 is 1.99. The molecule has 0 atom stereocenters. The molecule has 0 aliphatic heterocycles. The molecule has 1 aromatic heterocycles. The lowest BCUT2D eigenvalue weighted by molar-refractivity contribution is 0.430. The Balaban J connectivity index is 2.50. The molecule has 2 rings (SSSR count). The summed E-state index contributed by atoms with van der Waals surface area (Å²) in [6, 6.07) is 8.36. The summed E-state index contributed by atoms with van der Waals surface area (Å²) >= 11 is 0. The van der Waals surface area contributed by atoms with Crippen molar-refractivity contribution >= 4 is 0 Å². The van der Waals surface area contributed by atoms with Crippen LogP contribution in [0.15, 0.2) is 24.3 Å². The van der Waals surface area contributed by atoms with Gasteiger partial charge in [0, 0.05) is 17.7 Å². The topological polar surface area (TPSA) is 38.1 Å². The van der Waals surface area contributed by atoms with Crippen LogP contribution >= 0.6 is 0 Å². The SMILES string of the molecule is CCCCc1c(O)nn(CCCC)c1-c1ccccc1C. The van der Waals surface area contributed by atoms with Crippen LogP contribution in [0.5, 0.6) is 5.88 Å². The zero-order valence-electron chi connectivity index (χ0n) is 13.4. The Morgan fingerprint density at radius 3 is 2.48 bits per heavy atom. The average molecular weight is 286 g/mol. The van der Waals surface area contributed by atoms with Crippen LogP contribution in [0.4, 0.5) is 0 Å². The van der Waals surface area contributed by atoms with Crippen molar-refractivity contribution in [3.63, 3.8) is 0 Å². The molecule has 2 aromatic rings. The van der Waals surface area contributed by atoms with Crippen LogP contribution in [-0.2, 0) is 13.0 Å². The van der Waals surface area contributed by atoms with Crippen molar-refractivity contribution in [2.24, 2.45) is 0 Å². The van der Waals surface area contributed by atoms with Crippen molar-refractivity contribution < 1.29 is 5.11 Å². The van der Waals surface area contributed by atoms with Crippen LogP contribution in [0.3, 0.4) is 0 Å². The van der Waals surface area contributed by atoms with E-state index in [0.717, 1.165) is 49.9 Å². The van der Waals surface area contributed by atoms with Crippen LogP contribution < -0.4 is 0 Å². The minimum absolute atomic E-state index is 0.206. The third kappa shape index (κ3) is 3.46. The van der Waals surface area contributed by atoms with Crippen LogP contribution in [0, 0.1) is 6.92 Å². The largest absolute Gasteiger partial charge is 0.492 e. The standard InChI is InChI=1S/C18H26N2O/c1-4-6-11-16-17(15-12-9-8-10-14(15)3)20(13-7-5-2)19-18(16)21/h8-10,12H,4-7,11,13H2,1-3H3,(H,19,21). The Morgan fingerprint density at radius 2 is 1.81 bits per heavy atom. The zero-order chi connectivity index (χ0) is 15.2. The molecule has 1 aromatic carbocycles. The predicted octanol–water partition coefficient (Wildman–Crippen LogP) is 4.71. The van der Waals surface area contributed by atoms with Gasteiger partial charge in [-0.2, -0.15) is 0 Å². The summed E-state index contributed by atoms with van der Waals surface area (Å²) in [7, 11) is 0. The van der Waals surface area contributed by atoms with Crippen molar-refractivity contribution in [3.05, 3.63) is 35.4 Å². The minimum Gasteiger partial charge on any atom is -0.492 e. The van der Waals surface area contributed by atoms with Gasteiger partial charge in [0.2, 0.25) is 5.88 Å². The highest BCUT2D eigenvalue weighted by Crippen LogP contribution is 2.33. The molecule has 0 unspecified atom stereocenters. The summed E-state index contributed by atoms with van der Waals surface area (Å²) in [5.74, 6) is 0.206. The van der Waals surface area contributed by atoms with Crippen LogP contribution in [0.1, 0.15) is 50.7 Å². The highest BCUT2D eigenvalue weighted by atomic mass is 16.3. The maximum absolute atomic E-state index is 10.3. The fourth-order valence-corrected chi connectivity index (χ4v) is 2.68. The molecule has 1 N–H and O–H groups in total. The van der Waals surface area contributed by atoms with Gasteiger partial charge in [-0.3, -0.25) is 4.68 Å². The lowest BCUT2D eigenvalue weighted by atomic mass is 9.99. The molecule has 0 saturated carbocycles. The first kappa shape index (κ1) is 15.6. The first-order valence-electron chi connectivity index (χ1n) is 8.03. The lowest BCUT2D eigenvalue weighted by Gasteiger charge is -2.11. The molecule has 0 bridgehead atoms. The molecular weight excluding hydrogens is 260 g/mol. The number of aryl methyl sites for hydroxylation is 2. The van der Waals surface area contributed by atoms with Gasteiger partial charge in [-0.1, -0.05) is 51.0 Å². The van der Waals surface area contributed by atoms with E-state index in [1.807, 2.05) is 4.68 Å². The summed E-state index contributed by atoms with van der Waals surface area (Å²) in [4.78, 5) is 0. The molecule has 1 heterocycles. The van der Waals surface area contributed by atoms with Gasteiger partial charge >= 0.3 is 0 Å². The number of unbranched alkanes of at least 4 members (excludes halogenated alkanes) is 2. The minimum atomic E-state index is 0.206. The van der Waals surface area contributed by atoms with E-state index in [2.05, 4.69) is 50.1 Å². The van der Waals surface area contributed by atoms with Gasteiger partial charge < -0.3 is 5.11 Å². The Kier molecular flexibility index (Phi) is 5.43. The van der Waals surface area contributed by atoms with E-state index in [1.54, 1.807) is 0 Å². The molecule has 0 amide bonds. The summed E-state index contributed by atoms with van der Waals surface area (Å²) in [6.07, 6.45) is 5.28. The van der Waals surface area contributed by atoms with Gasteiger partial charge in [0.1, 0.15) is 0 Å². The number of benzene rings is 1. The van der Waals surface area contributed by atoms with E-state index >= 15 is 0 Å². The quantitative estimate of drug-likeness (QED) is 0.800. The molecule has 0 saturated heterocycles. The molecule has 0 radical (unpaired) electrons. The van der Waals surface area contributed by atoms with E-state index in [4.69, 9.17) is 0 Å². The van der Waals surface area contributed by atoms with Gasteiger partial charge in [0.25, 0.3) is 0 Å². The van der Waals surface area contributed by atoms with Crippen molar-refractivity contribution in [3.8, 4) is 17.1 Å². The van der Waals surface area contributed by atoms with Crippen molar-refractivity contribution in [1.29, 1.82) is 0 Å². The molecule has 0 aliphatic carbocycles. The Bertz CT molecular complexity index is 587. The molecule has 21 heavy (non-hydrogen) atoms. The van der Waals surface area contributed by atoms with Crippen LogP contribution in [-0.4, -0.2) is 14.9 Å². The normalized spacial score (nSPS) is 11.0. The Labute approximate surface area is 127 Å². The highest BCUT2D eigenvalue weighted by molar-refractivity contribution is 5.69. The van der Waals surface area contributed by atoms with Crippen molar-refractivity contribution in [2.45, 2.75) is 59.4 Å². The van der Waals surface area contributed by atoms with Gasteiger partial charge in [-0.05, 0) is 31.7 Å². The van der Waals surface area contributed by atoms with Crippen LogP contribution in [0.2, 0.25) is 0 Å². The predicted molar refractivity (Wildman–Crippen MR) is 87.6 cm³/mol. The molecule has 0 aliphatic rings. The smallest absolute Gasteiger partial charge is 0.234 e. The second kappa shape index (κ2) is 7.30. The van der Waals surface area contributed by atoms with Gasteiger partial charge in [-0.15, -0.1) is 5.10 Å².